The van der Waals surface area contributed by atoms with Crippen molar-refractivity contribution in [2.24, 2.45) is 0 Å². The number of aliphatic carboxylic acids is 1. The third-order valence-electron chi connectivity index (χ3n) is 9.78. The van der Waals surface area contributed by atoms with Gasteiger partial charge in [0.1, 0.15) is 12.1 Å². The van der Waals surface area contributed by atoms with E-state index in [-0.39, 0.29) is 30.9 Å². The summed E-state index contributed by atoms with van der Waals surface area (Å²) in [6.45, 7) is 3.40. The van der Waals surface area contributed by atoms with Gasteiger partial charge in [0.25, 0.3) is 0 Å². The molecular weight excluding hydrogens is 705 g/mol. The van der Waals surface area contributed by atoms with E-state index in [2.05, 4.69) is 73.1 Å². The first kappa shape index (κ1) is 52.8. The summed E-state index contributed by atoms with van der Waals surface area (Å²) in [5.41, 5.74) is 0. The predicted octanol–water partition coefficient (Wildman–Crippen LogP) is 11.2. The Kier molecular flexibility index (Phi) is 39.1. The SMILES string of the molecule is CCCCCC/C=C\C(CCCCCCC(=O)NCC(=O)NC(CO)C(=O)O)OC(=O)CCCCCCCCCC/C=C\C/C=C\C/C=C\CCCCCCC. The largest absolute Gasteiger partial charge is 0.480 e. The number of carboxylic acid groups (broad SMARTS) is 1. The van der Waals surface area contributed by atoms with Crippen molar-refractivity contribution in [1.29, 1.82) is 0 Å². The van der Waals surface area contributed by atoms with E-state index in [1.54, 1.807) is 0 Å². The van der Waals surface area contributed by atoms with Crippen molar-refractivity contribution < 1.29 is 34.1 Å². The minimum Gasteiger partial charge on any atom is -0.480 e. The first-order valence-corrected chi connectivity index (χ1v) is 22.5. The molecular formula is C47H82N2O7. The van der Waals surface area contributed by atoms with Gasteiger partial charge in [-0.3, -0.25) is 14.4 Å². The number of hydrogen-bond donors (Lipinski definition) is 4. The average molecular weight is 787 g/mol. The van der Waals surface area contributed by atoms with Gasteiger partial charge in [0.2, 0.25) is 11.8 Å². The average Bonchev–Trinajstić information content (AvgIpc) is 3.18. The third kappa shape index (κ3) is 37.7. The number of carbonyl (C=O) groups is 4. The molecule has 0 saturated carbocycles. The number of allylic oxidation sites excluding steroid dienone is 7. The first-order chi connectivity index (χ1) is 27.3. The number of amides is 2. The molecule has 0 aromatic carbocycles. The van der Waals surface area contributed by atoms with Gasteiger partial charge in [-0.05, 0) is 83.1 Å². The third-order valence-corrected chi connectivity index (χ3v) is 9.78. The molecule has 0 aliphatic heterocycles. The summed E-state index contributed by atoms with van der Waals surface area (Å²) in [5, 5.41) is 22.5. The molecule has 0 aromatic rings. The maximum absolute atomic E-state index is 12.7. The molecule has 0 aromatic heterocycles. The minimum absolute atomic E-state index is 0.121. The van der Waals surface area contributed by atoms with E-state index in [9.17, 15) is 19.2 Å². The van der Waals surface area contributed by atoms with Crippen LogP contribution in [0.3, 0.4) is 0 Å². The Balaban J connectivity index is 4.07. The topological polar surface area (TPSA) is 142 Å². The fourth-order valence-electron chi connectivity index (χ4n) is 6.28. The van der Waals surface area contributed by atoms with Crippen molar-refractivity contribution in [2.45, 2.75) is 212 Å². The predicted molar refractivity (Wildman–Crippen MR) is 231 cm³/mol. The molecule has 0 saturated heterocycles. The maximum Gasteiger partial charge on any atom is 0.328 e. The van der Waals surface area contributed by atoms with Crippen molar-refractivity contribution >= 4 is 23.8 Å². The molecule has 56 heavy (non-hydrogen) atoms. The van der Waals surface area contributed by atoms with Gasteiger partial charge < -0.3 is 25.6 Å². The molecule has 2 atom stereocenters. The Morgan fingerprint density at radius 2 is 1.02 bits per heavy atom. The Bertz CT molecular complexity index is 1080. The number of aliphatic hydroxyl groups is 1. The van der Waals surface area contributed by atoms with Crippen molar-refractivity contribution in [3.05, 3.63) is 48.6 Å². The lowest BCUT2D eigenvalue weighted by Gasteiger charge is -2.15. The Morgan fingerprint density at radius 3 is 1.57 bits per heavy atom. The summed E-state index contributed by atoms with van der Waals surface area (Å²) in [5.74, 6) is -2.41. The van der Waals surface area contributed by atoms with Gasteiger partial charge in [-0.25, -0.2) is 4.79 Å². The summed E-state index contributed by atoms with van der Waals surface area (Å²) in [6, 6.07) is -1.39. The van der Waals surface area contributed by atoms with Crippen LogP contribution in [0, 0.1) is 0 Å². The molecule has 0 aliphatic rings. The second-order valence-electron chi connectivity index (χ2n) is 15.1. The van der Waals surface area contributed by atoms with Crippen LogP contribution in [0.1, 0.15) is 200 Å². The van der Waals surface area contributed by atoms with Gasteiger partial charge in [0, 0.05) is 12.8 Å². The van der Waals surface area contributed by atoms with Crippen LogP contribution >= 0.6 is 0 Å². The number of rotatable bonds is 40. The van der Waals surface area contributed by atoms with Crippen LogP contribution in [0.15, 0.2) is 48.6 Å². The van der Waals surface area contributed by atoms with Gasteiger partial charge >= 0.3 is 11.9 Å². The highest BCUT2D eigenvalue weighted by molar-refractivity contribution is 5.87. The number of carbonyl (C=O) groups excluding carboxylic acids is 3. The number of aliphatic hydroxyl groups excluding tert-OH is 1. The minimum atomic E-state index is -1.39. The summed E-state index contributed by atoms with van der Waals surface area (Å²) in [7, 11) is 0. The second kappa shape index (κ2) is 41.4. The van der Waals surface area contributed by atoms with Crippen molar-refractivity contribution in [1.82, 2.24) is 10.6 Å². The van der Waals surface area contributed by atoms with Crippen LogP contribution < -0.4 is 10.6 Å². The van der Waals surface area contributed by atoms with E-state index in [1.807, 2.05) is 0 Å². The molecule has 4 N–H and O–H groups in total. The zero-order valence-corrected chi connectivity index (χ0v) is 35.6. The quantitative estimate of drug-likeness (QED) is 0.0275. The van der Waals surface area contributed by atoms with E-state index in [0.717, 1.165) is 77.0 Å². The van der Waals surface area contributed by atoms with Crippen LogP contribution in [0.25, 0.3) is 0 Å². The van der Waals surface area contributed by atoms with Gasteiger partial charge in [-0.2, -0.15) is 0 Å². The fourth-order valence-corrected chi connectivity index (χ4v) is 6.28. The molecule has 9 nitrogen and oxygen atoms in total. The van der Waals surface area contributed by atoms with Crippen LogP contribution in [-0.2, 0) is 23.9 Å². The highest BCUT2D eigenvalue weighted by Crippen LogP contribution is 2.15. The van der Waals surface area contributed by atoms with Gasteiger partial charge in [0.15, 0.2) is 0 Å². The Morgan fingerprint density at radius 1 is 0.554 bits per heavy atom. The van der Waals surface area contributed by atoms with E-state index in [0.29, 0.717) is 12.8 Å². The summed E-state index contributed by atoms with van der Waals surface area (Å²) < 4.78 is 5.89. The van der Waals surface area contributed by atoms with E-state index in [4.69, 9.17) is 14.9 Å². The molecule has 322 valence electrons. The molecule has 0 heterocycles. The van der Waals surface area contributed by atoms with Gasteiger partial charge in [0.05, 0.1) is 13.2 Å². The van der Waals surface area contributed by atoms with Crippen LogP contribution in [-0.4, -0.2) is 59.3 Å². The number of nitrogens with one attached hydrogen (secondary N) is 2. The van der Waals surface area contributed by atoms with Crippen molar-refractivity contribution in [3.8, 4) is 0 Å². The summed E-state index contributed by atoms with van der Waals surface area (Å²) in [6.07, 6.45) is 48.9. The number of esters is 1. The molecule has 2 amide bonds. The monoisotopic (exact) mass is 787 g/mol. The van der Waals surface area contributed by atoms with Crippen molar-refractivity contribution in [3.63, 3.8) is 0 Å². The number of carboxylic acids is 1. The molecule has 9 heteroatoms. The number of unbranched alkanes of at least 4 members (excludes halogenated alkanes) is 20. The lowest BCUT2D eigenvalue weighted by atomic mass is 10.1. The summed E-state index contributed by atoms with van der Waals surface area (Å²) in [4.78, 5) is 47.5. The van der Waals surface area contributed by atoms with Gasteiger partial charge in [-0.1, -0.05) is 153 Å². The van der Waals surface area contributed by atoms with E-state index >= 15 is 0 Å². The summed E-state index contributed by atoms with van der Waals surface area (Å²) >= 11 is 0. The zero-order chi connectivity index (χ0) is 41.2. The molecule has 0 radical (unpaired) electrons. The highest BCUT2D eigenvalue weighted by atomic mass is 16.5. The van der Waals surface area contributed by atoms with Crippen LogP contribution in [0.4, 0.5) is 0 Å². The normalized spacial score (nSPS) is 12.9. The molecule has 0 fully saturated rings. The van der Waals surface area contributed by atoms with Crippen LogP contribution in [0.2, 0.25) is 0 Å². The van der Waals surface area contributed by atoms with Crippen molar-refractivity contribution in [2.75, 3.05) is 13.2 Å². The van der Waals surface area contributed by atoms with Crippen LogP contribution in [0.5, 0.6) is 0 Å². The van der Waals surface area contributed by atoms with Gasteiger partial charge in [-0.15, -0.1) is 0 Å². The van der Waals surface area contributed by atoms with E-state index in [1.165, 1.54) is 89.9 Å². The highest BCUT2D eigenvalue weighted by Gasteiger charge is 2.18. The fraction of sp³-hybridized carbons (Fsp3) is 0.745. The molecule has 0 aliphatic carbocycles. The lowest BCUT2D eigenvalue weighted by Crippen LogP contribution is -2.47. The molecule has 0 rings (SSSR count). The standard InChI is InChI=1S/C47H82N2O7/c1-3-5-7-9-11-12-13-14-15-16-17-18-19-20-21-22-23-24-25-26-27-29-35-39-46(53)56-42(36-32-28-10-8-6-4-2)37-33-30-31-34-38-44(51)48-40-45(52)49-43(41-50)47(54)55/h13-14,16-17,19-20,32,36,42-43,50H,3-12,15,18,21-31,33-35,37-41H2,1-2H3,(H,48,51)(H,49,52)(H,54,55)/b14-13-,17-16-,20-19-,36-32-. The maximum atomic E-state index is 12.7. The second-order valence-corrected chi connectivity index (χ2v) is 15.1. The van der Waals surface area contributed by atoms with E-state index < -0.39 is 24.5 Å². The number of hydrogen-bond acceptors (Lipinski definition) is 6. The first-order valence-electron chi connectivity index (χ1n) is 22.5. The smallest absolute Gasteiger partial charge is 0.328 e. The molecule has 0 spiro atoms. The Hall–Kier alpha value is -3.20. The molecule has 2 unspecified atom stereocenters. The lowest BCUT2D eigenvalue weighted by molar-refractivity contribution is -0.147. The number of ether oxygens (including phenoxy) is 1. The molecule has 0 bridgehead atoms. The Labute approximate surface area is 341 Å². The zero-order valence-electron chi connectivity index (χ0n) is 35.6.